The number of hydrogen-bond acceptors (Lipinski definition) is 5. The van der Waals surface area contributed by atoms with Gasteiger partial charge >= 0.3 is 0 Å². The Hall–Kier alpha value is -3.46. The van der Waals surface area contributed by atoms with E-state index in [0.717, 1.165) is 34.0 Å². The summed E-state index contributed by atoms with van der Waals surface area (Å²) in [7, 11) is 3.46. The van der Waals surface area contributed by atoms with E-state index in [1.165, 1.54) is 4.90 Å². The third-order valence-corrected chi connectivity index (χ3v) is 5.43. The van der Waals surface area contributed by atoms with Crippen LogP contribution in [0.2, 0.25) is 0 Å². The van der Waals surface area contributed by atoms with Crippen molar-refractivity contribution in [1.29, 1.82) is 0 Å². The van der Waals surface area contributed by atoms with E-state index >= 15 is 0 Å². The predicted octanol–water partition coefficient (Wildman–Crippen LogP) is 2.86. The summed E-state index contributed by atoms with van der Waals surface area (Å²) in [6, 6.07) is 7.84. The Bertz CT molecular complexity index is 1220. The number of rotatable bonds is 5. The molecule has 3 heterocycles. The van der Waals surface area contributed by atoms with Gasteiger partial charge in [-0.25, -0.2) is 4.90 Å². The third-order valence-electron chi connectivity index (χ3n) is 5.15. The van der Waals surface area contributed by atoms with Crippen LogP contribution < -0.4 is 15.0 Å². The molecule has 160 valence electrons. The maximum atomic E-state index is 13.1. The molecular weight excluding hydrogens is 412 g/mol. The van der Waals surface area contributed by atoms with Crippen LogP contribution in [-0.4, -0.2) is 37.7 Å². The van der Waals surface area contributed by atoms with Crippen molar-refractivity contribution in [3.05, 3.63) is 64.4 Å². The Balaban J connectivity index is 1.65. The highest BCUT2D eigenvalue weighted by atomic mass is 32.1. The van der Waals surface area contributed by atoms with Gasteiger partial charge in [-0.05, 0) is 62.8 Å². The summed E-state index contributed by atoms with van der Waals surface area (Å²) in [5.74, 6) is 0.556. The molecule has 1 saturated heterocycles. The minimum Gasteiger partial charge on any atom is -0.496 e. The zero-order chi connectivity index (χ0) is 22.3. The van der Waals surface area contributed by atoms with Gasteiger partial charge in [0.1, 0.15) is 11.4 Å². The van der Waals surface area contributed by atoms with Crippen LogP contribution in [0.3, 0.4) is 0 Å². The van der Waals surface area contributed by atoms with Crippen LogP contribution in [0.4, 0.5) is 5.69 Å². The highest BCUT2D eigenvalue weighted by Crippen LogP contribution is 2.27. The lowest BCUT2D eigenvalue weighted by molar-refractivity contribution is -0.113. The molecule has 1 N–H and O–H groups in total. The van der Waals surface area contributed by atoms with Gasteiger partial charge in [0.05, 0.1) is 30.7 Å². The maximum Gasteiger partial charge on any atom is 0.281 e. The van der Waals surface area contributed by atoms with Crippen molar-refractivity contribution in [3.8, 4) is 5.75 Å². The molecule has 0 aliphatic carbocycles. The van der Waals surface area contributed by atoms with Gasteiger partial charge in [-0.2, -0.15) is 10.2 Å². The van der Waals surface area contributed by atoms with Crippen LogP contribution in [-0.2, 0) is 18.4 Å². The number of nitrogens with zero attached hydrogens (tertiary/aromatic N) is 5. The Morgan fingerprint density at radius 3 is 2.58 bits per heavy atom. The van der Waals surface area contributed by atoms with E-state index in [4.69, 9.17) is 17.0 Å². The number of amides is 1. The van der Waals surface area contributed by atoms with Crippen molar-refractivity contribution >= 4 is 35.0 Å². The van der Waals surface area contributed by atoms with Gasteiger partial charge in [0.2, 0.25) is 0 Å². The fraction of sp³-hybridized carbons (Fsp3) is 0.273. The lowest BCUT2D eigenvalue weighted by Crippen LogP contribution is -2.30. The number of anilines is 1. The highest BCUT2D eigenvalue weighted by Gasteiger charge is 2.33. The maximum absolute atomic E-state index is 13.1. The molecule has 3 aromatic rings. The molecule has 8 nitrogen and oxygen atoms in total. The minimum absolute atomic E-state index is 0.211. The van der Waals surface area contributed by atoms with Crippen LogP contribution in [0, 0.1) is 20.8 Å². The molecule has 0 radical (unpaired) electrons. The van der Waals surface area contributed by atoms with Crippen molar-refractivity contribution in [1.82, 2.24) is 24.9 Å². The average molecular weight is 437 g/mol. The van der Waals surface area contributed by atoms with Crippen molar-refractivity contribution in [3.63, 3.8) is 0 Å². The van der Waals surface area contributed by atoms with E-state index in [9.17, 15) is 4.79 Å². The lowest BCUT2D eigenvalue weighted by atomic mass is 10.1. The third kappa shape index (κ3) is 3.96. The molecular formula is C22H24N6O2S. The van der Waals surface area contributed by atoms with E-state index in [0.29, 0.717) is 23.0 Å². The lowest BCUT2D eigenvalue weighted by Gasteiger charge is -2.12. The van der Waals surface area contributed by atoms with Gasteiger partial charge in [0.25, 0.3) is 5.91 Å². The fourth-order valence-electron chi connectivity index (χ4n) is 3.74. The van der Waals surface area contributed by atoms with Crippen LogP contribution >= 0.6 is 12.2 Å². The van der Waals surface area contributed by atoms with Gasteiger partial charge in [0, 0.05) is 24.5 Å². The molecule has 0 unspecified atom stereocenters. The van der Waals surface area contributed by atoms with Crippen molar-refractivity contribution in [2.45, 2.75) is 27.3 Å². The van der Waals surface area contributed by atoms with E-state index in [2.05, 4.69) is 15.5 Å². The number of aryl methyl sites for hydroxylation is 4. The Morgan fingerprint density at radius 1 is 1.19 bits per heavy atom. The van der Waals surface area contributed by atoms with Crippen LogP contribution in [0.1, 0.15) is 28.2 Å². The summed E-state index contributed by atoms with van der Waals surface area (Å²) in [5, 5.41) is 12.2. The van der Waals surface area contributed by atoms with Crippen LogP contribution in [0.5, 0.6) is 5.75 Å². The number of methoxy groups -OCH3 is 1. The number of carbonyl (C=O) groups is 1. The fourth-order valence-corrected chi connectivity index (χ4v) is 4.03. The van der Waals surface area contributed by atoms with Gasteiger partial charge < -0.3 is 10.1 Å². The molecule has 1 fully saturated rings. The largest absolute Gasteiger partial charge is 0.496 e. The molecule has 0 atom stereocenters. The monoisotopic (exact) mass is 436 g/mol. The Morgan fingerprint density at radius 2 is 1.97 bits per heavy atom. The smallest absolute Gasteiger partial charge is 0.281 e. The number of thiocarbonyl (C=S) groups is 1. The molecule has 2 aromatic heterocycles. The van der Waals surface area contributed by atoms with Gasteiger partial charge in [-0.1, -0.05) is 6.07 Å². The van der Waals surface area contributed by atoms with Crippen LogP contribution in [0.25, 0.3) is 6.08 Å². The number of ether oxygens (including phenoxy) is 1. The number of benzene rings is 1. The molecule has 0 bridgehead atoms. The molecule has 9 heteroatoms. The molecule has 1 aliphatic rings. The molecule has 4 rings (SSSR count). The van der Waals surface area contributed by atoms with E-state index in [1.54, 1.807) is 24.1 Å². The number of hydrogen-bond donors (Lipinski definition) is 1. The van der Waals surface area contributed by atoms with Gasteiger partial charge in [0.15, 0.2) is 5.11 Å². The quantitative estimate of drug-likeness (QED) is 0.490. The Labute approximate surface area is 186 Å². The summed E-state index contributed by atoms with van der Waals surface area (Å²) in [6.45, 7) is 6.41. The normalized spacial score (nSPS) is 15.1. The molecule has 31 heavy (non-hydrogen) atoms. The van der Waals surface area contributed by atoms with E-state index in [-0.39, 0.29) is 5.91 Å². The molecule has 1 amide bonds. The van der Waals surface area contributed by atoms with E-state index < -0.39 is 0 Å². The van der Waals surface area contributed by atoms with Gasteiger partial charge in [-0.15, -0.1) is 0 Å². The van der Waals surface area contributed by atoms with Crippen LogP contribution in [0.15, 0.2) is 36.2 Å². The standard InChI is InChI=1S/C22H24N6O2S/c1-13-8-14(2)27(24-13)11-17-9-16(6-7-20(17)30-5)10-18-21(29)28(22(31)23-18)19-12-26(4)25-15(19)3/h6-10,12H,11H2,1-5H3,(H,23,31)/b18-10+. The first-order valence-electron chi connectivity index (χ1n) is 9.82. The number of carbonyl (C=O) groups excluding carboxylic acids is 1. The van der Waals surface area contributed by atoms with E-state index in [1.807, 2.05) is 56.8 Å². The second-order valence-electron chi connectivity index (χ2n) is 7.56. The molecule has 0 spiro atoms. The van der Waals surface area contributed by atoms with Crippen molar-refractivity contribution < 1.29 is 9.53 Å². The first kappa shape index (κ1) is 20.8. The summed E-state index contributed by atoms with van der Waals surface area (Å²) < 4.78 is 9.13. The number of aromatic nitrogens is 4. The zero-order valence-corrected chi connectivity index (χ0v) is 18.9. The first-order valence-corrected chi connectivity index (χ1v) is 10.2. The predicted molar refractivity (Wildman–Crippen MR) is 123 cm³/mol. The summed E-state index contributed by atoms with van der Waals surface area (Å²) in [4.78, 5) is 14.5. The molecule has 0 saturated carbocycles. The average Bonchev–Trinajstić information content (AvgIpc) is 3.30. The molecule has 1 aliphatic heterocycles. The Kier molecular flexibility index (Phi) is 5.36. The zero-order valence-electron chi connectivity index (χ0n) is 18.1. The number of nitrogens with one attached hydrogen (secondary N) is 1. The van der Waals surface area contributed by atoms with Gasteiger partial charge in [-0.3, -0.25) is 14.2 Å². The van der Waals surface area contributed by atoms with Crippen molar-refractivity contribution in [2.24, 2.45) is 7.05 Å². The minimum atomic E-state index is -0.211. The second-order valence-corrected chi connectivity index (χ2v) is 7.94. The summed E-state index contributed by atoms with van der Waals surface area (Å²) >= 11 is 5.41. The molecule has 1 aromatic carbocycles. The topological polar surface area (TPSA) is 77.2 Å². The van der Waals surface area contributed by atoms with Crippen molar-refractivity contribution in [2.75, 3.05) is 12.0 Å². The second kappa shape index (κ2) is 7.99. The summed E-state index contributed by atoms with van der Waals surface area (Å²) in [5.41, 5.74) is 5.69. The highest BCUT2D eigenvalue weighted by molar-refractivity contribution is 7.80. The SMILES string of the molecule is COc1ccc(/C=C2/NC(=S)N(c3cn(C)nc3C)C2=O)cc1Cn1nc(C)cc1C. The summed E-state index contributed by atoms with van der Waals surface area (Å²) in [6.07, 6.45) is 3.58. The first-order chi connectivity index (χ1) is 14.8.